The number of hydrogen-bond acceptors (Lipinski definition) is 4. The number of nitrogens with zero attached hydrogens (tertiary/aromatic N) is 4. The van der Waals surface area contributed by atoms with Gasteiger partial charge >= 0.3 is 0 Å². The zero-order chi connectivity index (χ0) is 14.9. The molecule has 0 radical (unpaired) electrons. The topological polar surface area (TPSA) is 32.3 Å². The summed E-state index contributed by atoms with van der Waals surface area (Å²) in [5.74, 6) is 2.41. The molecule has 4 rings (SSSR count). The quantitative estimate of drug-likeness (QED) is 0.705. The van der Waals surface area contributed by atoms with E-state index in [1.54, 1.807) is 12.4 Å². The fraction of sp³-hybridized carbons (Fsp3) is 0. The third-order valence-electron chi connectivity index (χ3n) is 3.63. The summed E-state index contributed by atoms with van der Waals surface area (Å²) in [5.41, 5.74) is 2.04. The zero-order valence-electron chi connectivity index (χ0n) is 11.9. The van der Waals surface area contributed by atoms with Crippen molar-refractivity contribution < 1.29 is 0 Å². The Labute approximate surface area is 129 Å². The Balaban J connectivity index is 1.89. The molecule has 0 spiro atoms. The third-order valence-corrected chi connectivity index (χ3v) is 3.63. The lowest BCUT2D eigenvalue weighted by molar-refractivity contribution is 1.12. The van der Waals surface area contributed by atoms with Crippen molar-refractivity contribution in [3.05, 3.63) is 85.5 Å². The smallest absolute Gasteiger partial charge is 0.183 e. The predicted molar refractivity (Wildman–Crippen MR) is 88.3 cm³/mol. The number of aromatic nitrogens is 2. The first-order valence-corrected chi connectivity index (χ1v) is 7.06. The summed E-state index contributed by atoms with van der Waals surface area (Å²) < 4.78 is 0. The van der Waals surface area contributed by atoms with Gasteiger partial charge in [0.05, 0.1) is 0 Å². The van der Waals surface area contributed by atoms with Gasteiger partial charge in [-0.05, 0) is 24.3 Å². The SMILES string of the molecule is C=C1N(c2ccccc2)c2nccnc2N1c1ccccc1. The van der Waals surface area contributed by atoms with Gasteiger partial charge in [-0.2, -0.15) is 0 Å². The Kier molecular flexibility index (Phi) is 2.86. The molecule has 0 atom stereocenters. The van der Waals surface area contributed by atoms with E-state index in [0.717, 1.165) is 28.8 Å². The summed E-state index contributed by atoms with van der Waals surface area (Å²) in [5, 5.41) is 0. The summed E-state index contributed by atoms with van der Waals surface area (Å²) in [6, 6.07) is 20.2. The van der Waals surface area contributed by atoms with Crippen molar-refractivity contribution in [1.29, 1.82) is 0 Å². The van der Waals surface area contributed by atoms with Gasteiger partial charge in [0.2, 0.25) is 0 Å². The Bertz CT molecular complexity index is 746. The van der Waals surface area contributed by atoms with Crippen molar-refractivity contribution >= 4 is 23.0 Å². The van der Waals surface area contributed by atoms with Gasteiger partial charge in [0.1, 0.15) is 5.82 Å². The molecule has 0 fully saturated rings. The Hall–Kier alpha value is -3.14. The van der Waals surface area contributed by atoms with Gasteiger partial charge in [-0.15, -0.1) is 0 Å². The monoisotopic (exact) mass is 286 g/mol. The normalized spacial score (nSPS) is 13.4. The highest BCUT2D eigenvalue weighted by Gasteiger charge is 2.34. The minimum Gasteiger partial charge on any atom is -0.277 e. The molecule has 22 heavy (non-hydrogen) atoms. The Morgan fingerprint density at radius 1 is 0.636 bits per heavy atom. The molecule has 0 saturated carbocycles. The highest BCUT2D eigenvalue weighted by Crippen LogP contribution is 2.45. The van der Waals surface area contributed by atoms with Crippen LogP contribution in [0.1, 0.15) is 0 Å². The zero-order valence-corrected chi connectivity index (χ0v) is 11.9. The van der Waals surface area contributed by atoms with Crippen LogP contribution in [0.15, 0.2) is 85.5 Å². The van der Waals surface area contributed by atoms with Gasteiger partial charge in [-0.3, -0.25) is 9.80 Å². The van der Waals surface area contributed by atoms with E-state index in [1.807, 2.05) is 70.5 Å². The maximum absolute atomic E-state index is 4.50. The molecule has 3 aromatic rings. The highest BCUT2D eigenvalue weighted by molar-refractivity contribution is 5.88. The molecular weight excluding hydrogens is 272 g/mol. The summed E-state index contributed by atoms with van der Waals surface area (Å²) in [6.07, 6.45) is 3.41. The molecule has 0 amide bonds. The van der Waals surface area contributed by atoms with E-state index in [0.29, 0.717) is 0 Å². The van der Waals surface area contributed by atoms with Gasteiger partial charge < -0.3 is 0 Å². The van der Waals surface area contributed by atoms with Crippen molar-refractivity contribution in [3.63, 3.8) is 0 Å². The Morgan fingerprint density at radius 3 is 1.45 bits per heavy atom. The van der Waals surface area contributed by atoms with Crippen LogP contribution in [-0.4, -0.2) is 9.97 Å². The number of para-hydroxylation sites is 2. The van der Waals surface area contributed by atoms with Crippen LogP contribution in [0.5, 0.6) is 0 Å². The van der Waals surface area contributed by atoms with E-state index in [1.165, 1.54) is 0 Å². The highest BCUT2D eigenvalue weighted by atomic mass is 15.4. The molecule has 0 saturated heterocycles. The van der Waals surface area contributed by atoms with Crippen LogP contribution in [0, 0.1) is 0 Å². The minimum atomic E-state index is 0.794. The van der Waals surface area contributed by atoms with Crippen molar-refractivity contribution in [3.8, 4) is 0 Å². The molecule has 0 unspecified atom stereocenters. The first-order chi connectivity index (χ1) is 10.9. The predicted octanol–water partition coefficient (Wildman–Crippen LogP) is 4.24. The van der Waals surface area contributed by atoms with E-state index in [4.69, 9.17) is 0 Å². The lowest BCUT2D eigenvalue weighted by atomic mass is 10.3. The summed E-state index contributed by atoms with van der Waals surface area (Å²) in [7, 11) is 0. The summed E-state index contributed by atoms with van der Waals surface area (Å²) in [6.45, 7) is 4.26. The van der Waals surface area contributed by atoms with Crippen LogP contribution >= 0.6 is 0 Å². The first kappa shape index (κ1) is 12.6. The van der Waals surface area contributed by atoms with Gasteiger partial charge in [-0.25, -0.2) is 9.97 Å². The third kappa shape index (κ3) is 1.85. The van der Waals surface area contributed by atoms with Crippen LogP contribution in [0.25, 0.3) is 0 Å². The number of hydrogen-bond donors (Lipinski definition) is 0. The molecule has 0 aliphatic carbocycles. The van der Waals surface area contributed by atoms with Crippen molar-refractivity contribution in [2.45, 2.75) is 0 Å². The average molecular weight is 286 g/mol. The van der Waals surface area contributed by atoms with E-state index >= 15 is 0 Å². The van der Waals surface area contributed by atoms with Crippen LogP contribution < -0.4 is 9.80 Å². The van der Waals surface area contributed by atoms with Gasteiger partial charge in [0.25, 0.3) is 0 Å². The van der Waals surface area contributed by atoms with E-state index in [2.05, 4.69) is 16.5 Å². The lowest BCUT2D eigenvalue weighted by Crippen LogP contribution is -2.20. The van der Waals surface area contributed by atoms with Crippen molar-refractivity contribution in [2.75, 3.05) is 9.80 Å². The second kappa shape index (κ2) is 5.00. The van der Waals surface area contributed by atoms with Crippen LogP contribution in [-0.2, 0) is 0 Å². The molecule has 0 N–H and O–H groups in total. The second-order valence-electron chi connectivity index (χ2n) is 4.96. The summed E-state index contributed by atoms with van der Waals surface area (Å²) in [4.78, 5) is 13.1. The van der Waals surface area contributed by atoms with Crippen molar-refractivity contribution in [2.24, 2.45) is 0 Å². The molecule has 1 aromatic heterocycles. The molecule has 106 valence electrons. The largest absolute Gasteiger partial charge is 0.277 e. The van der Waals surface area contributed by atoms with Crippen LogP contribution in [0.3, 0.4) is 0 Å². The second-order valence-corrected chi connectivity index (χ2v) is 4.96. The fourth-order valence-corrected chi connectivity index (χ4v) is 2.68. The maximum Gasteiger partial charge on any atom is 0.183 e. The van der Waals surface area contributed by atoms with Gasteiger partial charge in [-0.1, -0.05) is 43.0 Å². The van der Waals surface area contributed by atoms with Crippen molar-refractivity contribution in [1.82, 2.24) is 9.97 Å². The van der Waals surface area contributed by atoms with E-state index < -0.39 is 0 Å². The Morgan fingerprint density at radius 2 is 1.05 bits per heavy atom. The summed E-state index contributed by atoms with van der Waals surface area (Å²) >= 11 is 0. The molecule has 4 heteroatoms. The molecule has 4 nitrogen and oxygen atoms in total. The molecule has 2 heterocycles. The minimum absolute atomic E-state index is 0.794. The maximum atomic E-state index is 4.50. The number of benzene rings is 2. The molecule has 1 aliphatic heterocycles. The number of rotatable bonds is 2. The molecule has 2 aromatic carbocycles. The van der Waals surface area contributed by atoms with Crippen LogP contribution in [0.2, 0.25) is 0 Å². The fourth-order valence-electron chi connectivity index (χ4n) is 2.68. The number of fused-ring (bicyclic) bond motifs is 1. The van der Waals surface area contributed by atoms with Gasteiger partial charge in [0, 0.05) is 23.8 Å². The molecule has 1 aliphatic rings. The van der Waals surface area contributed by atoms with Crippen LogP contribution in [0.4, 0.5) is 23.0 Å². The first-order valence-electron chi connectivity index (χ1n) is 7.06. The number of anilines is 4. The van der Waals surface area contributed by atoms with E-state index in [-0.39, 0.29) is 0 Å². The molecular formula is C18H14N4. The lowest BCUT2D eigenvalue weighted by Gasteiger charge is -2.23. The standard InChI is InChI=1S/C18H14N4/c1-14-21(15-8-4-2-5-9-15)17-18(20-13-12-19-17)22(14)16-10-6-3-7-11-16/h2-13H,1H2. The average Bonchev–Trinajstić information content (AvgIpc) is 2.88. The molecule has 0 bridgehead atoms. The van der Waals surface area contributed by atoms with E-state index in [9.17, 15) is 0 Å². The van der Waals surface area contributed by atoms with Gasteiger partial charge in [0.15, 0.2) is 11.6 Å².